The molecule has 0 saturated carbocycles. The molecule has 6 heteroatoms. The van der Waals surface area contributed by atoms with Crippen LogP contribution < -0.4 is 10.1 Å². The zero-order valence-corrected chi connectivity index (χ0v) is 12.5. The minimum atomic E-state index is -0.463. The van der Waals surface area contributed by atoms with Gasteiger partial charge in [-0.15, -0.1) is 0 Å². The van der Waals surface area contributed by atoms with E-state index >= 15 is 0 Å². The molecule has 2 aromatic rings. The van der Waals surface area contributed by atoms with Gasteiger partial charge in [-0.2, -0.15) is 0 Å². The van der Waals surface area contributed by atoms with E-state index in [1.807, 2.05) is 42.5 Å². The summed E-state index contributed by atoms with van der Waals surface area (Å²) in [5.74, 6) is 0.466. The van der Waals surface area contributed by atoms with E-state index in [1.54, 1.807) is 6.20 Å². The van der Waals surface area contributed by atoms with Crippen molar-refractivity contribution in [3.8, 4) is 5.75 Å². The van der Waals surface area contributed by atoms with Crippen LogP contribution in [0.2, 0.25) is 0 Å². The number of nitrogens with one attached hydrogen (secondary N) is 1. The third-order valence-corrected chi connectivity index (χ3v) is 4.26. The standard InChI is InChI=1S/C16H14N2O3S/c19-15-14(22-16(20)18-15)11-4-6-13(7-5-11)21-10-8-12-3-1-2-9-17-12/h1-7,9,14H,8,10H2,(H,18,19,20). The molecule has 2 amide bonds. The van der Waals surface area contributed by atoms with Crippen LogP contribution in [0.3, 0.4) is 0 Å². The highest BCUT2D eigenvalue weighted by atomic mass is 32.2. The third kappa shape index (κ3) is 3.46. The normalized spacial score (nSPS) is 17.4. The fourth-order valence-corrected chi connectivity index (χ4v) is 2.97. The van der Waals surface area contributed by atoms with Gasteiger partial charge in [0.2, 0.25) is 5.91 Å². The van der Waals surface area contributed by atoms with Crippen molar-refractivity contribution < 1.29 is 14.3 Å². The number of nitrogens with zero attached hydrogens (tertiary/aromatic N) is 1. The van der Waals surface area contributed by atoms with Crippen molar-refractivity contribution in [3.05, 3.63) is 59.9 Å². The van der Waals surface area contributed by atoms with Gasteiger partial charge < -0.3 is 4.74 Å². The Labute approximate surface area is 132 Å². The molecular formula is C16H14N2O3S. The molecule has 0 radical (unpaired) electrons. The van der Waals surface area contributed by atoms with Crippen molar-refractivity contribution in [2.75, 3.05) is 6.61 Å². The first-order valence-corrected chi connectivity index (χ1v) is 7.74. The molecule has 1 aliphatic rings. The van der Waals surface area contributed by atoms with E-state index in [1.165, 1.54) is 0 Å². The summed E-state index contributed by atoms with van der Waals surface area (Å²) in [6.45, 7) is 0.535. The lowest BCUT2D eigenvalue weighted by Gasteiger charge is -2.09. The number of imide groups is 1. The highest BCUT2D eigenvalue weighted by molar-refractivity contribution is 8.15. The predicted molar refractivity (Wildman–Crippen MR) is 83.7 cm³/mol. The van der Waals surface area contributed by atoms with Crippen LogP contribution in [0.5, 0.6) is 5.75 Å². The summed E-state index contributed by atoms with van der Waals surface area (Å²) in [6, 6.07) is 13.0. The number of aromatic nitrogens is 1. The molecule has 0 aliphatic carbocycles. The largest absolute Gasteiger partial charge is 0.493 e. The van der Waals surface area contributed by atoms with Crippen molar-refractivity contribution in [2.45, 2.75) is 11.7 Å². The Morgan fingerprint density at radius 2 is 1.95 bits per heavy atom. The molecule has 1 atom stereocenters. The van der Waals surface area contributed by atoms with E-state index in [-0.39, 0.29) is 11.1 Å². The zero-order valence-electron chi connectivity index (χ0n) is 11.7. The topological polar surface area (TPSA) is 68.3 Å². The minimum absolute atomic E-state index is 0.265. The van der Waals surface area contributed by atoms with Gasteiger partial charge in [0.15, 0.2) is 0 Å². The average Bonchev–Trinajstić information content (AvgIpc) is 2.88. The van der Waals surface area contributed by atoms with Crippen molar-refractivity contribution in [1.29, 1.82) is 0 Å². The van der Waals surface area contributed by atoms with Gasteiger partial charge in [0.1, 0.15) is 11.0 Å². The van der Waals surface area contributed by atoms with Crippen LogP contribution in [0.25, 0.3) is 0 Å². The van der Waals surface area contributed by atoms with E-state index < -0.39 is 5.25 Å². The highest BCUT2D eigenvalue weighted by Crippen LogP contribution is 2.34. The van der Waals surface area contributed by atoms with E-state index in [2.05, 4.69) is 10.3 Å². The van der Waals surface area contributed by atoms with Crippen LogP contribution in [-0.2, 0) is 11.2 Å². The fraction of sp³-hybridized carbons (Fsp3) is 0.188. The van der Waals surface area contributed by atoms with Crippen LogP contribution in [0.15, 0.2) is 48.7 Å². The molecular weight excluding hydrogens is 300 g/mol. The first-order valence-electron chi connectivity index (χ1n) is 6.86. The quantitative estimate of drug-likeness (QED) is 0.919. The number of benzene rings is 1. The number of amides is 2. The summed E-state index contributed by atoms with van der Waals surface area (Å²) in [4.78, 5) is 27.0. The van der Waals surface area contributed by atoms with Crippen molar-refractivity contribution in [1.82, 2.24) is 10.3 Å². The monoisotopic (exact) mass is 314 g/mol. The van der Waals surface area contributed by atoms with Gasteiger partial charge in [-0.25, -0.2) is 0 Å². The van der Waals surface area contributed by atoms with Gasteiger partial charge in [0.05, 0.1) is 6.61 Å². The maximum Gasteiger partial charge on any atom is 0.286 e. The molecule has 1 fully saturated rings. The Morgan fingerprint density at radius 3 is 2.59 bits per heavy atom. The Kier molecular flexibility index (Phi) is 4.39. The summed E-state index contributed by atoms with van der Waals surface area (Å²) in [6.07, 6.45) is 2.49. The van der Waals surface area contributed by atoms with Gasteiger partial charge >= 0.3 is 0 Å². The maximum absolute atomic E-state index is 11.6. The second-order valence-corrected chi connectivity index (χ2v) is 5.84. The number of rotatable bonds is 5. The highest BCUT2D eigenvalue weighted by Gasteiger charge is 2.32. The fourth-order valence-electron chi connectivity index (χ4n) is 2.13. The molecule has 112 valence electrons. The summed E-state index contributed by atoms with van der Waals surface area (Å²) in [5, 5.41) is 1.52. The van der Waals surface area contributed by atoms with Crippen LogP contribution in [0, 0.1) is 0 Å². The van der Waals surface area contributed by atoms with E-state index in [4.69, 9.17) is 4.74 Å². The van der Waals surface area contributed by atoms with Crippen LogP contribution in [0.1, 0.15) is 16.5 Å². The molecule has 2 heterocycles. The Balaban J connectivity index is 1.55. The Morgan fingerprint density at radius 1 is 1.14 bits per heavy atom. The van der Waals surface area contributed by atoms with Crippen LogP contribution >= 0.6 is 11.8 Å². The van der Waals surface area contributed by atoms with Crippen LogP contribution in [-0.4, -0.2) is 22.7 Å². The van der Waals surface area contributed by atoms with E-state index in [9.17, 15) is 9.59 Å². The molecule has 1 N–H and O–H groups in total. The average molecular weight is 314 g/mol. The predicted octanol–water partition coefficient (Wildman–Crippen LogP) is 2.73. The lowest BCUT2D eigenvalue weighted by molar-refractivity contribution is -0.119. The number of pyridine rings is 1. The number of ether oxygens (including phenoxy) is 1. The number of hydrogen-bond acceptors (Lipinski definition) is 5. The Bertz CT molecular complexity index is 674. The lowest BCUT2D eigenvalue weighted by Crippen LogP contribution is -2.20. The van der Waals surface area contributed by atoms with Gasteiger partial charge in [-0.1, -0.05) is 18.2 Å². The van der Waals surface area contributed by atoms with Crippen molar-refractivity contribution in [3.63, 3.8) is 0 Å². The van der Waals surface area contributed by atoms with Gasteiger partial charge in [0, 0.05) is 18.3 Å². The van der Waals surface area contributed by atoms with E-state index in [0.29, 0.717) is 6.61 Å². The van der Waals surface area contributed by atoms with E-state index in [0.717, 1.165) is 35.2 Å². The maximum atomic E-state index is 11.6. The summed E-state index contributed by atoms with van der Waals surface area (Å²) >= 11 is 0.999. The second-order valence-electron chi connectivity index (χ2n) is 4.76. The SMILES string of the molecule is O=C1NC(=O)C(c2ccc(OCCc3ccccn3)cc2)S1. The summed E-state index contributed by atoms with van der Waals surface area (Å²) in [5.41, 5.74) is 1.78. The minimum Gasteiger partial charge on any atom is -0.493 e. The summed E-state index contributed by atoms with van der Waals surface area (Å²) < 4.78 is 5.66. The number of carbonyl (C=O) groups excluding carboxylic acids is 2. The molecule has 1 aromatic carbocycles. The van der Waals surface area contributed by atoms with Gasteiger partial charge in [0.25, 0.3) is 5.24 Å². The molecule has 1 aliphatic heterocycles. The van der Waals surface area contributed by atoms with Gasteiger partial charge in [-0.3, -0.25) is 19.9 Å². The molecule has 5 nitrogen and oxygen atoms in total. The zero-order chi connectivity index (χ0) is 15.4. The molecule has 0 spiro atoms. The molecule has 3 rings (SSSR count). The van der Waals surface area contributed by atoms with Crippen LogP contribution in [0.4, 0.5) is 4.79 Å². The smallest absolute Gasteiger partial charge is 0.286 e. The molecule has 0 bridgehead atoms. The molecule has 22 heavy (non-hydrogen) atoms. The van der Waals surface area contributed by atoms with Gasteiger partial charge in [-0.05, 0) is 41.6 Å². The first kappa shape index (κ1) is 14.6. The molecule has 1 unspecified atom stereocenters. The summed E-state index contributed by atoms with van der Waals surface area (Å²) in [7, 11) is 0. The number of hydrogen-bond donors (Lipinski definition) is 1. The van der Waals surface area contributed by atoms with Crippen molar-refractivity contribution >= 4 is 22.9 Å². The van der Waals surface area contributed by atoms with Crippen molar-refractivity contribution in [2.24, 2.45) is 0 Å². The molecule has 1 aromatic heterocycles. The lowest BCUT2D eigenvalue weighted by atomic mass is 10.1. The molecule has 1 saturated heterocycles. The second kappa shape index (κ2) is 6.62. The third-order valence-electron chi connectivity index (χ3n) is 3.22. The number of thioether (sulfide) groups is 1. The Hall–Kier alpha value is -2.34. The first-order chi connectivity index (χ1) is 10.7. The number of carbonyl (C=O) groups is 2.